The van der Waals surface area contributed by atoms with Crippen molar-refractivity contribution in [3.05, 3.63) is 79.4 Å². The second-order valence-corrected chi connectivity index (χ2v) is 6.40. The highest BCUT2D eigenvalue weighted by Gasteiger charge is 2.22. The lowest BCUT2D eigenvalue weighted by Gasteiger charge is -2.19. The van der Waals surface area contributed by atoms with Crippen molar-refractivity contribution in [1.29, 1.82) is 0 Å². The fourth-order valence-corrected chi connectivity index (χ4v) is 3.02. The minimum absolute atomic E-state index is 0.295. The molecule has 0 bridgehead atoms. The first kappa shape index (κ1) is 17.1. The standard InChI is InChI=1S/C17H21NO2S/c1-4-6-8-14-18(15-9-7-5-2)21(19,20)17-12-10-16(3)11-13-17/h4-13H,1-2,14-15H2,3H3/b8-6+,9-7+. The number of nitrogens with zero attached hydrogens (tertiary/aromatic N) is 1. The molecule has 0 unspecified atom stereocenters. The summed E-state index contributed by atoms with van der Waals surface area (Å²) < 4.78 is 26.7. The maximum atomic E-state index is 12.6. The van der Waals surface area contributed by atoms with Crippen molar-refractivity contribution in [2.45, 2.75) is 11.8 Å². The maximum Gasteiger partial charge on any atom is 0.243 e. The molecular weight excluding hydrogens is 282 g/mol. The molecule has 0 aliphatic carbocycles. The predicted molar refractivity (Wildman–Crippen MR) is 88.6 cm³/mol. The van der Waals surface area contributed by atoms with Crippen LogP contribution in [0.15, 0.2) is 78.8 Å². The molecule has 0 saturated carbocycles. The summed E-state index contributed by atoms with van der Waals surface area (Å²) in [5.74, 6) is 0. The van der Waals surface area contributed by atoms with Crippen molar-refractivity contribution in [3.63, 3.8) is 0 Å². The Balaban J connectivity index is 3.05. The Morgan fingerprint density at radius 3 is 1.90 bits per heavy atom. The number of hydrogen-bond donors (Lipinski definition) is 0. The lowest BCUT2D eigenvalue weighted by molar-refractivity contribution is 0.474. The van der Waals surface area contributed by atoms with Crippen LogP contribution in [0.1, 0.15) is 5.56 Å². The fraction of sp³-hybridized carbons (Fsp3) is 0.176. The monoisotopic (exact) mass is 303 g/mol. The molecule has 0 atom stereocenters. The molecule has 0 radical (unpaired) electrons. The Bertz CT molecular complexity index is 605. The number of benzene rings is 1. The highest BCUT2D eigenvalue weighted by atomic mass is 32.2. The van der Waals surface area contributed by atoms with E-state index in [4.69, 9.17) is 0 Å². The molecule has 0 spiro atoms. The highest BCUT2D eigenvalue weighted by Crippen LogP contribution is 2.16. The third kappa shape index (κ3) is 5.17. The Morgan fingerprint density at radius 2 is 1.48 bits per heavy atom. The van der Waals surface area contributed by atoms with Gasteiger partial charge in [-0.15, -0.1) is 0 Å². The molecule has 0 fully saturated rings. The minimum atomic E-state index is -3.52. The topological polar surface area (TPSA) is 37.4 Å². The van der Waals surface area contributed by atoms with Crippen LogP contribution in [0.3, 0.4) is 0 Å². The van der Waals surface area contributed by atoms with E-state index >= 15 is 0 Å². The average molecular weight is 303 g/mol. The van der Waals surface area contributed by atoms with Crippen molar-refractivity contribution in [1.82, 2.24) is 4.31 Å². The van der Waals surface area contributed by atoms with Gasteiger partial charge in [-0.2, -0.15) is 4.31 Å². The van der Waals surface area contributed by atoms with Crippen molar-refractivity contribution in [2.75, 3.05) is 13.1 Å². The van der Waals surface area contributed by atoms with Crippen molar-refractivity contribution in [3.8, 4) is 0 Å². The van der Waals surface area contributed by atoms with Crippen molar-refractivity contribution >= 4 is 10.0 Å². The number of rotatable bonds is 8. The van der Waals surface area contributed by atoms with Gasteiger partial charge in [0.05, 0.1) is 4.90 Å². The number of sulfonamides is 1. The Labute approximate surface area is 127 Å². The smallest absolute Gasteiger partial charge is 0.207 e. The highest BCUT2D eigenvalue weighted by molar-refractivity contribution is 7.89. The third-order valence-corrected chi connectivity index (χ3v) is 4.67. The molecular formula is C17H21NO2S. The summed E-state index contributed by atoms with van der Waals surface area (Å²) in [7, 11) is -3.52. The van der Waals surface area contributed by atoms with Crippen LogP contribution < -0.4 is 0 Å². The summed E-state index contributed by atoms with van der Waals surface area (Å²) in [4.78, 5) is 0.298. The quantitative estimate of drug-likeness (QED) is 0.690. The van der Waals surface area contributed by atoms with E-state index in [-0.39, 0.29) is 0 Å². The summed E-state index contributed by atoms with van der Waals surface area (Å²) in [6.07, 6.45) is 10.2. The lowest BCUT2D eigenvalue weighted by atomic mass is 10.2. The zero-order valence-corrected chi connectivity index (χ0v) is 13.1. The van der Waals surface area contributed by atoms with Crippen LogP contribution in [-0.4, -0.2) is 25.8 Å². The molecule has 0 aliphatic heterocycles. The maximum absolute atomic E-state index is 12.6. The molecule has 1 aromatic carbocycles. The minimum Gasteiger partial charge on any atom is -0.207 e. The van der Waals surface area contributed by atoms with Gasteiger partial charge in [-0.25, -0.2) is 8.42 Å². The van der Waals surface area contributed by atoms with E-state index < -0.39 is 10.0 Å². The molecule has 0 amide bonds. The molecule has 0 saturated heterocycles. The molecule has 0 N–H and O–H groups in total. The zero-order valence-electron chi connectivity index (χ0n) is 12.3. The van der Waals surface area contributed by atoms with Crippen LogP contribution in [0.2, 0.25) is 0 Å². The second-order valence-electron chi connectivity index (χ2n) is 4.46. The van der Waals surface area contributed by atoms with Crippen LogP contribution in [0.4, 0.5) is 0 Å². The normalized spacial score (nSPS) is 12.3. The van der Waals surface area contributed by atoms with E-state index in [1.165, 1.54) is 4.31 Å². The Morgan fingerprint density at radius 1 is 1.00 bits per heavy atom. The Kier molecular flexibility index (Phi) is 6.85. The van der Waals surface area contributed by atoms with E-state index in [1.54, 1.807) is 60.7 Å². The van der Waals surface area contributed by atoms with Gasteiger partial charge in [0, 0.05) is 13.1 Å². The first-order valence-electron chi connectivity index (χ1n) is 6.64. The third-order valence-electron chi connectivity index (χ3n) is 2.82. The Hall–Kier alpha value is -1.91. The van der Waals surface area contributed by atoms with Gasteiger partial charge in [0.2, 0.25) is 10.0 Å². The molecule has 3 nitrogen and oxygen atoms in total. The van der Waals surface area contributed by atoms with Crippen LogP contribution in [0.25, 0.3) is 0 Å². The van der Waals surface area contributed by atoms with Gasteiger partial charge in [0.25, 0.3) is 0 Å². The molecule has 4 heteroatoms. The molecule has 0 aliphatic rings. The van der Waals surface area contributed by atoms with E-state index in [9.17, 15) is 8.42 Å². The van der Waals surface area contributed by atoms with E-state index in [0.717, 1.165) is 5.56 Å². The largest absolute Gasteiger partial charge is 0.243 e. The van der Waals surface area contributed by atoms with Crippen LogP contribution in [0, 0.1) is 6.92 Å². The van der Waals surface area contributed by atoms with Crippen molar-refractivity contribution in [2.24, 2.45) is 0 Å². The number of allylic oxidation sites excluding steroid dienone is 4. The number of hydrogen-bond acceptors (Lipinski definition) is 2. The van der Waals surface area contributed by atoms with E-state index in [0.29, 0.717) is 18.0 Å². The van der Waals surface area contributed by atoms with Crippen molar-refractivity contribution < 1.29 is 8.42 Å². The molecule has 21 heavy (non-hydrogen) atoms. The van der Waals surface area contributed by atoms with Crippen LogP contribution in [0.5, 0.6) is 0 Å². The SMILES string of the molecule is C=C/C=C/CN(C/C=C/C=C)S(=O)(=O)c1ccc(C)cc1. The molecule has 112 valence electrons. The van der Waals surface area contributed by atoms with Gasteiger partial charge >= 0.3 is 0 Å². The molecule has 0 aromatic heterocycles. The van der Waals surface area contributed by atoms with E-state index in [1.807, 2.05) is 6.92 Å². The lowest BCUT2D eigenvalue weighted by Crippen LogP contribution is -2.31. The van der Waals surface area contributed by atoms with Gasteiger partial charge in [-0.1, -0.05) is 67.3 Å². The number of aryl methyl sites for hydroxylation is 1. The van der Waals surface area contributed by atoms with Gasteiger partial charge in [0.1, 0.15) is 0 Å². The van der Waals surface area contributed by atoms with Gasteiger partial charge < -0.3 is 0 Å². The van der Waals surface area contributed by atoms with Crippen LogP contribution in [-0.2, 0) is 10.0 Å². The predicted octanol–water partition coefficient (Wildman–Crippen LogP) is 3.47. The first-order valence-corrected chi connectivity index (χ1v) is 8.08. The van der Waals surface area contributed by atoms with E-state index in [2.05, 4.69) is 13.2 Å². The molecule has 1 rings (SSSR count). The second kappa shape index (κ2) is 8.39. The van der Waals surface area contributed by atoms with Gasteiger partial charge in [-0.05, 0) is 19.1 Å². The first-order chi connectivity index (χ1) is 10.0. The average Bonchev–Trinajstić information content (AvgIpc) is 2.46. The summed E-state index contributed by atoms with van der Waals surface area (Å²) >= 11 is 0. The zero-order chi connectivity index (χ0) is 15.7. The molecule has 0 heterocycles. The van der Waals surface area contributed by atoms with Gasteiger partial charge in [-0.3, -0.25) is 0 Å². The summed E-state index contributed by atoms with van der Waals surface area (Å²) in [6.45, 7) is 9.68. The summed E-state index contributed by atoms with van der Waals surface area (Å²) in [6, 6.07) is 6.85. The van der Waals surface area contributed by atoms with Crippen LogP contribution >= 0.6 is 0 Å². The van der Waals surface area contributed by atoms with Gasteiger partial charge in [0.15, 0.2) is 0 Å². The summed E-state index contributed by atoms with van der Waals surface area (Å²) in [5, 5.41) is 0. The fourth-order valence-electron chi connectivity index (χ4n) is 1.68. The summed E-state index contributed by atoms with van der Waals surface area (Å²) in [5.41, 5.74) is 1.03. The molecule has 1 aromatic rings.